The van der Waals surface area contributed by atoms with Gasteiger partial charge in [0.15, 0.2) is 5.41 Å². The molecule has 0 aromatic heterocycles. The van der Waals surface area contributed by atoms with Crippen LogP contribution in [0.4, 0.5) is 17.6 Å². The van der Waals surface area contributed by atoms with E-state index in [2.05, 4.69) is 63.7 Å². The quantitative estimate of drug-likeness (QED) is 0.253. The smallest absolute Gasteiger partial charge is 0.342 e. The van der Waals surface area contributed by atoms with Gasteiger partial charge in [0.1, 0.15) is 11.5 Å². The first-order valence-corrected chi connectivity index (χ1v) is 10.6. The lowest BCUT2D eigenvalue weighted by molar-refractivity contribution is -0.0875. The van der Waals surface area contributed by atoms with Crippen LogP contribution < -0.4 is 0 Å². The van der Waals surface area contributed by atoms with Crippen molar-refractivity contribution in [3.63, 3.8) is 0 Å². The summed E-state index contributed by atoms with van der Waals surface area (Å²) in [6.07, 6.45) is 0. The predicted octanol–water partition coefficient (Wildman–Crippen LogP) is 8.10. The number of halogens is 10. The van der Waals surface area contributed by atoms with Crippen molar-refractivity contribution < 1.29 is 27.8 Å². The Hall–Kier alpha value is 0.260. The number of alkyl halides is 6. The first kappa shape index (κ1) is 23.5. The lowest BCUT2D eigenvalue weighted by atomic mass is 9.74. The van der Waals surface area contributed by atoms with Crippen LogP contribution in [0, 0.1) is 0 Å². The van der Waals surface area contributed by atoms with Crippen molar-refractivity contribution in [2.45, 2.75) is 16.2 Å². The highest BCUT2D eigenvalue weighted by Crippen LogP contribution is 2.60. The number of hydrogen-bond acceptors (Lipinski definition) is 2. The van der Waals surface area contributed by atoms with Gasteiger partial charge in [0.25, 0.3) is 0 Å². The van der Waals surface area contributed by atoms with Crippen LogP contribution in [-0.4, -0.2) is 21.0 Å². The molecule has 0 unspecified atom stereocenters. The minimum atomic E-state index is -4.59. The Kier molecular flexibility index (Phi) is 6.83. The van der Waals surface area contributed by atoms with Gasteiger partial charge in [-0.2, -0.15) is 17.6 Å². The molecule has 0 amide bonds. The SMILES string of the molecule is Oc1c(Br)cc(C(c2cc(Br)c(O)c(Br)c2)(C(F)(F)Cl)C(F)(F)Cl)cc1Br. The fraction of sp³-hybridized carbons (Fsp3) is 0.200. The number of phenols is 2. The Morgan fingerprint density at radius 2 is 0.852 bits per heavy atom. The van der Waals surface area contributed by atoms with E-state index in [4.69, 9.17) is 23.2 Å². The molecule has 0 atom stereocenters. The van der Waals surface area contributed by atoms with Crippen LogP contribution in [0.25, 0.3) is 0 Å². The van der Waals surface area contributed by atoms with Crippen molar-refractivity contribution in [3.8, 4) is 11.5 Å². The van der Waals surface area contributed by atoms with E-state index in [1.165, 1.54) is 0 Å². The molecule has 2 aromatic rings. The van der Waals surface area contributed by atoms with Crippen LogP contribution in [0.3, 0.4) is 0 Å². The van der Waals surface area contributed by atoms with Crippen LogP contribution in [0.1, 0.15) is 11.1 Å². The van der Waals surface area contributed by atoms with Gasteiger partial charge < -0.3 is 10.2 Å². The van der Waals surface area contributed by atoms with Gasteiger partial charge in [-0.1, -0.05) is 0 Å². The molecule has 0 heterocycles. The molecule has 0 aliphatic rings. The molecule has 0 fully saturated rings. The maximum Gasteiger partial charge on any atom is 0.342 e. The molecule has 0 aliphatic carbocycles. The molecular formula is C15H6Br4Cl2F4O2. The number of aromatic hydroxyl groups is 2. The summed E-state index contributed by atoms with van der Waals surface area (Å²) < 4.78 is 58.0. The molecule has 0 saturated heterocycles. The van der Waals surface area contributed by atoms with Crippen LogP contribution in [0.15, 0.2) is 42.2 Å². The number of benzene rings is 2. The average molecular weight is 685 g/mol. The van der Waals surface area contributed by atoms with E-state index < -0.39 is 38.8 Å². The largest absolute Gasteiger partial charge is 0.506 e. The Morgan fingerprint density at radius 3 is 1.04 bits per heavy atom. The highest BCUT2D eigenvalue weighted by molar-refractivity contribution is 9.11. The second-order valence-electron chi connectivity index (χ2n) is 5.32. The fourth-order valence-electron chi connectivity index (χ4n) is 2.55. The van der Waals surface area contributed by atoms with Gasteiger partial charge in [0.05, 0.1) is 17.9 Å². The molecule has 2 nitrogen and oxygen atoms in total. The summed E-state index contributed by atoms with van der Waals surface area (Å²) in [5.41, 5.74) is -4.95. The Morgan fingerprint density at radius 1 is 0.630 bits per heavy atom. The summed E-state index contributed by atoms with van der Waals surface area (Å²) in [6, 6.07) is 3.45. The molecule has 2 N–H and O–H groups in total. The lowest BCUT2D eigenvalue weighted by Crippen LogP contribution is -2.53. The Labute approximate surface area is 194 Å². The van der Waals surface area contributed by atoms with Gasteiger partial charge in [0.2, 0.25) is 0 Å². The molecule has 12 heteroatoms. The zero-order valence-corrected chi connectivity index (χ0v) is 20.3. The van der Waals surface area contributed by atoms with Crippen molar-refractivity contribution in [1.82, 2.24) is 0 Å². The monoisotopic (exact) mass is 680 g/mol. The Balaban J connectivity index is 3.06. The summed E-state index contributed by atoms with van der Waals surface area (Å²) in [5.74, 6) is -0.784. The van der Waals surface area contributed by atoms with Crippen molar-refractivity contribution in [3.05, 3.63) is 53.3 Å². The first-order chi connectivity index (χ1) is 12.1. The third-order valence-corrected chi connectivity index (χ3v) is 6.74. The van der Waals surface area contributed by atoms with Gasteiger partial charge in [-0.3, -0.25) is 0 Å². The number of phenolic OH excluding ortho intramolecular Hbond substituents is 2. The van der Waals surface area contributed by atoms with E-state index >= 15 is 0 Å². The minimum Gasteiger partial charge on any atom is -0.506 e. The van der Waals surface area contributed by atoms with E-state index in [0.29, 0.717) is 0 Å². The van der Waals surface area contributed by atoms with E-state index in [1.807, 2.05) is 0 Å². The molecule has 148 valence electrons. The zero-order chi connectivity index (χ0) is 20.9. The molecular weight excluding hydrogens is 679 g/mol. The van der Waals surface area contributed by atoms with Crippen LogP contribution in [-0.2, 0) is 5.41 Å². The van der Waals surface area contributed by atoms with E-state index in [1.54, 1.807) is 0 Å². The third kappa shape index (κ3) is 3.99. The maximum atomic E-state index is 14.7. The second kappa shape index (κ2) is 7.83. The zero-order valence-electron chi connectivity index (χ0n) is 12.5. The summed E-state index contributed by atoms with van der Waals surface area (Å²) in [7, 11) is 0. The second-order valence-corrected chi connectivity index (χ2v) is 9.69. The van der Waals surface area contributed by atoms with Crippen molar-refractivity contribution >= 4 is 86.9 Å². The molecule has 0 radical (unpaired) electrons. The van der Waals surface area contributed by atoms with Gasteiger partial charge in [-0.25, -0.2) is 0 Å². The maximum absolute atomic E-state index is 14.7. The summed E-state index contributed by atoms with van der Waals surface area (Å²) in [6.45, 7) is 0. The fourth-order valence-corrected chi connectivity index (χ4v) is 5.64. The normalized spacial score (nSPS) is 13.1. The van der Waals surface area contributed by atoms with Gasteiger partial charge in [-0.15, -0.1) is 0 Å². The van der Waals surface area contributed by atoms with E-state index in [9.17, 15) is 27.8 Å². The van der Waals surface area contributed by atoms with Crippen molar-refractivity contribution in [2.24, 2.45) is 0 Å². The van der Waals surface area contributed by atoms with E-state index in [-0.39, 0.29) is 17.9 Å². The molecule has 0 spiro atoms. The summed E-state index contributed by atoms with van der Waals surface area (Å²) in [5, 5.41) is 10.4. The first-order valence-electron chi connectivity index (χ1n) is 6.65. The highest BCUT2D eigenvalue weighted by atomic mass is 79.9. The predicted molar refractivity (Wildman–Crippen MR) is 109 cm³/mol. The molecule has 2 aromatic carbocycles. The number of hydrogen-bond donors (Lipinski definition) is 2. The molecule has 2 rings (SSSR count). The standard InChI is InChI=1S/C15H6Br4Cl2F4O2/c16-7-1-5(2-8(17)11(7)26)13(14(20,22)23,15(21,24)25)6-3-9(18)12(27)10(19)4-6/h1-4,26-27H. The molecule has 0 bridgehead atoms. The topological polar surface area (TPSA) is 40.5 Å². The van der Waals surface area contributed by atoms with Gasteiger partial charge >= 0.3 is 10.8 Å². The van der Waals surface area contributed by atoms with Crippen molar-refractivity contribution in [1.29, 1.82) is 0 Å². The van der Waals surface area contributed by atoms with Gasteiger partial charge in [0, 0.05) is 0 Å². The van der Waals surface area contributed by atoms with Crippen LogP contribution in [0.5, 0.6) is 11.5 Å². The molecule has 0 saturated carbocycles. The van der Waals surface area contributed by atoms with E-state index in [0.717, 1.165) is 24.3 Å². The third-order valence-electron chi connectivity index (χ3n) is 3.75. The minimum absolute atomic E-state index is 0.144. The van der Waals surface area contributed by atoms with Crippen LogP contribution in [0.2, 0.25) is 0 Å². The van der Waals surface area contributed by atoms with Crippen molar-refractivity contribution in [2.75, 3.05) is 0 Å². The number of rotatable bonds is 4. The lowest BCUT2D eigenvalue weighted by Gasteiger charge is -2.41. The molecule has 0 aliphatic heterocycles. The Bertz CT molecular complexity index is 781. The highest BCUT2D eigenvalue weighted by Gasteiger charge is 2.69. The van der Waals surface area contributed by atoms with Crippen LogP contribution >= 0.6 is 86.9 Å². The summed E-state index contributed by atoms with van der Waals surface area (Å²) in [4.78, 5) is 0. The molecule has 27 heavy (non-hydrogen) atoms. The van der Waals surface area contributed by atoms with Gasteiger partial charge in [-0.05, 0) is 122 Å². The summed E-state index contributed by atoms with van der Waals surface area (Å²) >= 11 is 22.1. The average Bonchev–Trinajstić information content (AvgIpc) is 2.47.